The lowest BCUT2D eigenvalue weighted by Crippen LogP contribution is -2.44. The Bertz CT molecular complexity index is 494. The van der Waals surface area contributed by atoms with E-state index >= 15 is 0 Å². The normalized spacial score (nSPS) is 15.3. The molecule has 0 bridgehead atoms. The summed E-state index contributed by atoms with van der Waals surface area (Å²) in [6.07, 6.45) is 2.60. The fourth-order valence-corrected chi connectivity index (χ4v) is 2.68. The maximum absolute atomic E-state index is 12.1. The van der Waals surface area contributed by atoms with E-state index in [-0.39, 0.29) is 24.1 Å². The van der Waals surface area contributed by atoms with Gasteiger partial charge >= 0.3 is 0 Å². The highest BCUT2D eigenvalue weighted by Crippen LogP contribution is 2.13. The number of amides is 1. The molecular weight excluding hydrogens is 300 g/mol. The number of likely N-dealkylation sites (tertiary alicyclic amines) is 1. The lowest BCUT2D eigenvalue weighted by molar-refractivity contribution is -0.132. The topological polar surface area (TPSA) is 49.4 Å². The number of rotatable bonds is 5. The zero-order valence-corrected chi connectivity index (χ0v) is 14.1. The Morgan fingerprint density at radius 2 is 1.73 bits per heavy atom. The predicted octanol–water partition coefficient (Wildman–Crippen LogP) is 2.59. The molecule has 0 atom stereocenters. The van der Waals surface area contributed by atoms with Crippen LogP contribution in [0.1, 0.15) is 41.6 Å². The zero-order chi connectivity index (χ0) is 15.2. The van der Waals surface area contributed by atoms with Crippen LogP contribution in [0.15, 0.2) is 24.3 Å². The molecule has 1 amide bonds. The summed E-state index contributed by atoms with van der Waals surface area (Å²) in [6.45, 7) is 3.58. The molecule has 22 heavy (non-hydrogen) atoms. The van der Waals surface area contributed by atoms with Crippen LogP contribution in [-0.4, -0.2) is 42.8 Å². The molecule has 1 fully saturated rings. The summed E-state index contributed by atoms with van der Waals surface area (Å²) < 4.78 is 0. The average Bonchev–Trinajstić information content (AvgIpc) is 2.53. The molecule has 1 heterocycles. The molecule has 0 radical (unpaired) electrons. The van der Waals surface area contributed by atoms with Crippen LogP contribution in [0.3, 0.4) is 0 Å². The van der Waals surface area contributed by atoms with Crippen molar-refractivity contribution in [3.63, 3.8) is 0 Å². The molecule has 1 saturated heterocycles. The van der Waals surface area contributed by atoms with Gasteiger partial charge in [0.05, 0.1) is 0 Å². The molecular formula is C17H25ClN2O2. The Kier molecular flexibility index (Phi) is 7.56. The molecule has 2 rings (SSSR count). The molecule has 1 aliphatic heterocycles. The summed E-state index contributed by atoms with van der Waals surface area (Å²) in [5, 5.41) is 3.25. The third-order valence-corrected chi connectivity index (χ3v) is 4.20. The van der Waals surface area contributed by atoms with Crippen molar-refractivity contribution in [3.8, 4) is 0 Å². The minimum atomic E-state index is 0. The number of ketones is 1. The Morgan fingerprint density at radius 3 is 2.27 bits per heavy atom. The second kappa shape index (κ2) is 8.91. The van der Waals surface area contributed by atoms with E-state index in [4.69, 9.17) is 0 Å². The third-order valence-electron chi connectivity index (χ3n) is 4.20. The maximum atomic E-state index is 12.1. The quantitative estimate of drug-likeness (QED) is 0.847. The van der Waals surface area contributed by atoms with Gasteiger partial charge in [-0.05, 0) is 26.8 Å². The van der Waals surface area contributed by atoms with Gasteiger partial charge in [-0.3, -0.25) is 9.59 Å². The van der Waals surface area contributed by atoms with E-state index in [0.29, 0.717) is 24.4 Å². The Hall–Kier alpha value is -1.39. The van der Waals surface area contributed by atoms with Crippen molar-refractivity contribution in [1.82, 2.24) is 10.2 Å². The smallest absolute Gasteiger partial charge is 0.223 e. The number of hydrogen-bond donors (Lipinski definition) is 1. The molecule has 0 saturated carbocycles. The van der Waals surface area contributed by atoms with Crippen LogP contribution in [-0.2, 0) is 4.79 Å². The van der Waals surface area contributed by atoms with E-state index in [1.165, 1.54) is 0 Å². The Morgan fingerprint density at radius 1 is 1.14 bits per heavy atom. The minimum Gasteiger partial charge on any atom is -0.343 e. The van der Waals surface area contributed by atoms with E-state index in [1.54, 1.807) is 0 Å². The SMILES string of the molecule is CNC1CCN(C(=O)CCC(=O)c2ccc(C)cc2)CC1.Cl. The Balaban J connectivity index is 0.00000242. The van der Waals surface area contributed by atoms with Crippen LogP contribution in [0.2, 0.25) is 0 Å². The van der Waals surface area contributed by atoms with Gasteiger partial charge in [-0.25, -0.2) is 0 Å². The van der Waals surface area contributed by atoms with Crippen molar-refractivity contribution in [2.45, 2.75) is 38.6 Å². The number of carbonyl (C=O) groups excluding carboxylic acids is 2. The van der Waals surface area contributed by atoms with Crippen LogP contribution in [0.5, 0.6) is 0 Å². The van der Waals surface area contributed by atoms with Gasteiger partial charge in [0, 0.05) is 37.5 Å². The van der Waals surface area contributed by atoms with Gasteiger partial charge in [0.1, 0.15) is 0 Å². The van der Waals surface area contributed by atoms with E-state index < -0.39 is 0 Å². The third kappa shape index (κ3) is 5.11. The maximum Gasteiger partial charge on any atom is 0.223 e. The van der Waals surface area contributed by atoms with Crippen LogP contribution in [0.4, 0.5) is 0 Å². The highest BCUT2D eigenvalue weighted by atomic mass is 35.5. The first-order valence-electron chi connectivity index (χ1n) is 7.65. The van der Waals surface area contributed by atoms with Gasteiger partial charge in [-0.2, -0.15) is 0 Å². The first-order chi connectivity index (χ1) is 10.1. The van der Waals surface area contributed by atoms with Gasteiger partial charge in [-0.1, -0.05) is 29.8 Å². The lowest BCUT2D eigenvalue weighted by Gasteiger charge is -2.31. The molecule has 1 aliphatic rings. The molecule has 5 heteroatoms. The number of piperidine rings is 1. The van der Waals surface area contributed by atoms with E-state index in [1.807, 2.05) is 43.1 Å². The lowest BCUT2D eigenvalue weighted by atomic mass is 10.0. The van der Waals surface area contributed by atoms with Crippen LogP contribution >= 0.6 is 12.4 Å². The molecule has 0 aromatic heterocycles. The number of benzene rings is 1. The molecule has 4 nitrogen and oxygen atoms in total. The van der Waals surface area contributed by atoms with Gasteiger partial charge in [0.25, 0.3) is 0 Å². The summed E-state index contributed by atoms with van der Waals surface area (Å²) >= 11 is 0. The standard InChI is InChI=1S/C17H24N2O2.ClH/c1-13-3-5-14(6-4-13)16(20)7-8-17(21)19-11-9-15(18-2)10-12-19;/h3-6,15,18H,7-12H2,1-2H3;1H. The summed E-state index contributed by atoms with van der Waals surface area (Å²) in [5.41, 5.74) is 1.83. The average molecular weight is 325 g/mol. The summed E-state index contributed by atoms with van der Waals surface area (Å²) in [4.78, 5) is 26.1. The molecule has 0 aliphatic carbocycles. The van der Waals surface area contributed by atoms with Crippen molar-refractivity contribution in [1.29, 1.82) is 0 Å². The summed E-state index contributed by atoms with van der Waals surface area (Å²) in [6, 6.07) is 8.04. The van der Waals surface area contributed by atoms with Gasteiger partial charge in [0.2, 0.25) is 5.91 Å². The molecule has 1 aromatic carbocycles. The van der Waals surface area contributed by atoms with Crippen molar-refractivity contribution >= 4 is 24.1 Å². The fourth-order valence-electron chi connectivity index (χ4n) is 2.68. The summed E-state index contributed by atoms with van der Waals surface area (Å²) in [7, 11) is 1.96. The number of halogens is 1. The number of hydrogen-bond acceptors (Lipinski definition) is 3. The number of Topliss-reactive ketones (excluding diaryl/α,β-unsaturated/α-hetero) is 1. The number of nitrogens with one attached hydrogen (secondary N) is 1. The first kappa shape index (κ1) is 18.7. The van der Waals surface area contributed by atoms with E-state index in [2.05, 4.69) is 5.32 Å². The number of carbonyl (C=O) groups is 2. The van der Waals surface area contributed by atoms with Crippen LogP contribution < -0.4 is 5.32 Å². The minimum absolute atomic E-state index is 0. The second-order valence-corrected chi connectivity index (χ2v) is 5.73. The first-order valence-corrected chi connectivity index (χ1v) is 7.65. The van der Waals surface area contributed by atoms with Crippen molar-refractivity contribution in [2.75, 3.05) is 20.1 Å². The predicted molar refractivity (Wildman–Crippen MR) is 90.7 cm³/mol. The highest BCUT2D eigenvalue weighted by Gasteiger charge is 2.22. The number of aryl methyl sites for hydroxylation is 1. The molecule has 1 aromatic rings. The van der Waals surface area contributed by atoms with E-state index in [9.17, 15) is 9.59 Å². The van der Waals surface area contributed by atoms with Crippen LogP contribution in [0.25, 0.3) is 0 Å². The van der Waals surface area contributed by atoms with Crippen molar-refractivity contribution in [3.05, 3.63) is 35.4 Å². The molecule has 1 N–H and O–H groups in total. The molecule has 0 spiro atoms. The number of nitrogens with zero attached hydrogens (tertiary/aromatic N) is 1. The Labute approximate surface area is 138 Å². The van der Waals surface area contributed by atoms with Gasteiger partial charge in [-0.15, -0.1) is 12.4 Å². The van der Waals surface area contributed by atoms with E-state index in [0.717, 1.165) is 31.5 Å². The fraction of sp³-hybridized carbons (Fsp3) is 0.529. The second-order valence-electron chi connectivity index (χ2n) is 5.73. The van der Waals surface area contributed by atoms with Gasteiger partial charge < -0.3 is 10.2 Å². The highest BCUT2D eigenvalue weighted by molar-refractivity contribution is 5.97. The van der Waals surface area contributed by atoms with Gasteiger partial charge in [0.15, 0.2) is 5.78 Å². The largest absolute Gasteiger partial charge is 0.343 e. The molecule has 122 valence electrons. The van der Waals surface area contributed by atoms with Crippen molar-refractivity contribution < 1.29 is 9.59 Å². The summed E-state index contributed by atoms with van der Waals surface area (Å²) in [5.74, 6) is 0.151. The van der Waals surface area contributed by atoms with Crippen molar-refractivity contribution in [2.24, 2.45) is 0 Å². The zero-order valence-electron chi connectivity index (χ0n) is 13.3. The monoisotopic (exact) mass is 324 g/mol. The molecule has 0 unspecified atom stereocenters. The van der Waals surface area contributed by atoms with Crippen LogP contribution in [0, 0.1) is 6.92 Å².